The Hall–Kier alpha value is -2.02. The molecule has 1 amide bonds. The number of aliphatic hydroxyl groups is 1. The first-order valence-corrected chi connectivity index (χ1v) is 9.65. The number of amides is 1. The molecule has 28 heavy (non-hydrogen) atoms. The summed E-state index contributed by atoms with van der Waals surface area (Å²) >= 11 is 0. The van der Waals surface area contributed by atoms with Crippen molar-refractivity contribution in [2.45, 2.75) is 32.0 Å². The summed E-state index contributed by atoms with van der Waals surface area (Å²) in [5.74, 6) is 0. The lowest BCUT2D eigenvalue weighted by molar-refractivity contribution is 0.0257. The molecule has 0 radical (unpaired) electrons. The second-order valence-electron chi connectivity index (χ2n) is 7.42. The Labute approximate surface area is 173 Å². The first kappa shape index (κ1) is 20.7. The maximum absolute atomic E-state index is 12.3. The van der Waals surface area contributed by atoms with Crippen molar-refractivity contribution in [2.24, 2.45) is 0 Å². The van der Waals surface area contributed by atoms with E-state index in [0.29, 0.717) is 19.6 Å². The van der Waals surface area contributed by atoms with Gasteiger partial charge in [0.2, 0.25) is 0 Å². The average molecular weight is 401 g/mol. The molecule has 0 saturated carbocycles. The Balaban J connectivity index is 0.00000225. The minimum absolute atomic E-state index is 0. The molecule has 2 aliphatic heterocycles. The minimum atomic E-state index is -0.670. The van der Waals surface area contributed by atoms with E-state index in [1.807, 2.05) is 12.1 Å². The van der Waals surface area contributed by atoms with Gasteiger partial charge >= 0.3 is 6.09 Å². The maximum Gasteiger partial charge on any atom is 0.410 e. The molecule has 0 unspecified atom stereocenters. The van der Waals surface area contributed by atoms with Crippen molar-refractivity contribution in [2.75, 3.05) is 26.2 Å². The quantitative estimate of drug-likeness (QED) is 0.857. The molecule has 6 heteroatoms. The molecule has 2 aromatic rings. The fourth-order valence-corrected chi connectivity index (χ4v) is 3.97. The molecule has 1 N–H and O–H groups in total. The highest BCUT2D eigenvalue weighted by Gasteiger charge is 2.23. The molecule has 2 heterocycles. The van der Waals surface area contributed by atoms with Crippen molar-refractivity contribution in [3.05, 3.63) is 70.8 Å². The van der Waals surface area contributed by atoms with E-state index in [1.54, 1.807) is 4.90 Å². The number of rotatable bonds is 4. The largest absolute Gasteiger partial charge is 0.447 e. The van der Waals surface area contributed by atoms with Crippen LogP contribution in [0, 0.1) is 0 Å². The summed E-state index contributed by atoms with van der Waals surface area (Å²) in [6.45, 7) is 3.55. The van der Waals surface area contributed by atoms with Crippen LogP contribution in [-0.4, -0.2) is 53.3 Å². The third kappa shape index (κ3) is 4.87. The number of carbonyl (C=O) groups is 1. The third-order valence-corrected chi connectivity index (χ3v) is 5.47. The molecular weight excluding hydrogens is 372 g/mol. The molecule has 0 saturated heterocycles. The summed E-state index contributed by atoms with van der Waals surface area (Å²) in [5.41, 5.74) is 5.18. The van der Waals surface area contributed by atoms with Crippen LogP contribution in [0.1, 0.15) is 22.3 Å². The lowest BCUT2D eigenvalue weighted by atomic mass is 10.00. The van der Waals surface area contributed by atoms with Gasteiger partial charge in [0.05, 0.1) is 0 Å². The lowest BCUT2D eigenvalue weighted by Gasteiger charge is -2.31. The van der Waals surface area contributed by atoms with Gasteiger partial charge in [-0.25, -0.2) is 4.79 Å². The summed E-state index contributed by atoms with van der Waals surface area (Å²) in [4.78, 5) is 16.3. The Morgan fingerprint density at radius 2 is 1.50 bits per heavy atom. The topological polar surface area (TPSA) is 53.0 Å². The first-order chi connectivity index (χ1) is 13.2. The van der Waals surface area contributed by atoms with Crippen LogP contribution < -0.4 is 0 Å². The number of β-amino-alcohol motifs (C(OH)–C–C–N with tert-alkyl or cyclic N) is 1. The number of hydrogen-bond donors (Lipinski definition) is 1. The fourth-order valence-electron chi connectivity index (χ4n) is 3.97. The first-order valence-electron chi connectivity index (χ1n) is 9.65. The summed E-state index contributed by atoms with van der Waals surface area (Å²) < 4.78 is 5.38. The molecule has 2 aliphatic rings. The van der Waals surface area contributed by atoms with Crippen LogP contribution >= 0.6 is 13.5 Å². The highest BCUT2D eigenvalue weighted by atomic mass is 32.1. The molecule has 4 rings (SSSR count). The van der Waals surface area contributed by atoms with Gasteiger partial charge in [0.15, 0.2) is 0 Å². The molecule has 5 nitrogen and oxygen atoms in total. The Kier molecular flexibility index (Phi) is 6.99. The van der Waals surface area contributed by atoms with Crippen molar-refractivity contribution in [1.29, 1.82) is 0 Å². The van der Waals surface area contributed by atoms with Crippen LogP contribution in [0.5, 0.6) is 0 Å². The van der Waals surface area contributed by atoms with Gasteiger partial charge in [-0.3, -0.25) is 4.90 Å². The summed E-state index contributed by atoms with van der Waals surface area (Å²) in [6, 6.07) is 16.6. The van der Waals surface area contributed by atoms with Crippen LogP contribution in [0.15, 0.2) is 48.5 Å². The fraction of sp³-hybridized carbons (Fsp3) is 0.409. The SMILES string of the molecule is O=C(OC[C@@H](O)CN1CCc2ccccc2C1)N1CCc2ccccc2C1.S. The zero-order valence-electron chi connectivity index (χ0n) is 16.0. The van der Waals surface area contributed by atoms with E-state index >= 15 is 0 Å². The van der Waals surface area contributed by atoms with Gasteiger partial charge in [0.1, 0.15) is 12.7 Å². The number of fused-ring (bicyclic) bond motifs is 2. The van der Waals surface area contributed by atoms with Gasteiger partial charge in [0.25, 0.3) is 0 Å². The standard InChI is InChI=1S/C22H26N2O3.H2S/c25-21(15-23-11-9-17-5-1-3-7-19(17)13-23)16-27-22(26)24-12-10-18-6-2-4-8-20(18)14-24;/h1-8,21,25H,9-16H2;1H2/t21-;/m0./s1. The van der Waals surface area contributed by atoms with Gasteiger partial charge < -0.3 is 14.7 Å². The number of ether oxygens (including phenoxy) is 1. The number of hydrogen-bond acceptors (Lipinski definition) is 4. The highest BCUT2D eigenvalue weighted by molar-refractivity contribution is 7.59. The smallest absolute Gasteiger partial charge is 0.410 e. The molecule has 0 spiro atoms. The molecule has 0 aromatic heterocycles. The van der Waals surface area contributed by atoms with Crippen LogP contribution in [0.2, 0.25) is 0 Å². The molecule has 150 valence electrons. The molecule has 0 fully saturated rings. The van der Waals surface area contributed by atoms with Crippen LogP contribution in [-0.2, 0) is 30.7 Å². The monoisotopic (exact) mass is 400 g/mol. The van der Waals surface area contributed by atoms with E-state index in [4.69, 9.17) is 4.74 Å². The second-order valence-corrected chi connectivity index (χ2v) is 7.42. The highest BCUT2D eigenvalue weighted by Crippen LogP contribution is 2.20. The lowest BCUT2D eigenvalue weighted by Crippen LogP contribution is -2.41. The Bertz CT molecular complexity index is 814. The number of nitrogens with zero attached hydrogens (tertiary/aromatic N) is 2. The van der Waals surface area contributed by atoms with Crippen LogP contribution in [0.4, 0.5) is 4.79 Å². The minimum Gasteiger partial charge on any atom is -0.447 e. The van der Waals surface area contributed by atoms with Gasteiger partial charge in [-0.1, -0.05) is 48.5 Å². The number of benzene rings is 2. The predicted octanol–water partition coefficient (Wildman–Crippen LogP) is 2.71. The van der Waals surface area contributed by atoms with Crippen molar-refractivity contribution in [3.8, 4) is 0 Å². The molecule has 1 atom stereocenters. The predicted molar refractivity (Wildman–Crippen MR) is 114 cm³/mol. The Morgan fingerprint density at radius 1 is 0.929 bits per heavy atom. The van der Waals surface area contributed by atoms with Crippen LogP contribution in [0.3, 0.4) is 0 Å². The van der Waals surface area contributed by atoms with E-state index in [2.05, 4.69) is 41.3 Å². The molecule has 0 bridgehead atoms. The van der Waals surface area contributed by atoms with E-state index in [9.17, 15) is 9.90 Å². The van der Waals surface area contributed by atoms with Gasteiger partial charge in [-0.05, 0) is 35.1 Å². The van der Waals surface area contributed by atoms with Crippen molar-refractivity contribution in [1.82, 2.24) is 9.80 Å². The zero-order valence-corrected chi connectivity index (χ0v) is 17.0. The van der Waals surface area contributed by atoms with Gasteiger partial charge in [0, 0.05) is 32.7 Å². The summed E-state index contributed by atoms with van der Waals surface area (Å²) in [5, 5.41) is 10.3. The van der Waals surface area contributed by atoms with Crippen molar-refractivity contribution in [3.63, 3.8) is 0 Å². The molecular formula is C22H28N2O3S. The van der Waals surface area contributed by atoms with Crippen molar-refractivity contribution < 1.29 is 14.6 Å². The average Bonchev–Trinajstić information content (AvgIpc) is 2.71. The Morgan fingerprint density at radius 3 is 2.18 bits per heavy atom. The molecule has 2 aromatic carbocycles. The van der Waals surface area contributed by atoms with E-state index in [-0.39, 0.29) is 26.2 Å². The molecule has 0 aliphatic carbocycles. The number of aliphatic hydroxyl groups excluding tert-OH is 1. The maximum atomic E-state index is 12.3. The third-order valence-electron chi connectivity index (χ3n) is 5.47. The van der Waals surface area contributed by atoms with E-state index in [0.717, 1.165) is 25.9 Å². The normalized spacial score (nSPS) is 17.1. The summed E-state index contributed by atoms with van der Waals surface area (Å²) in [7, 11) is 0. The van der Waals surface area contributed by atoms with Crippen molar-refractivity contribution >= 4 is 19.6 Å². The number of carbonyl (C=O) groups excluding carboxylic acids is 1. The summed E-state index contributed by atoms with van der Waals surface area (Å²) in [6.07, 6.45) is 0.834. The van der Waals surface area contributed by atoms with Gasteiger partial charge in [-0.15, -0.1) is 0 Å². The zero-order chi connectivity index (χ0) is 18.6. The van der Waals surface area contributed by atoms with Crippen LogP contribution in [0.25, 0.3) is 0 Å². The van der Waals surface area contributed by atoms with Gasteiger partial charge in [-0.2, -0.15) is 13.5 Å². The van der Waals surface area contributed by atoms with E-state index < -0.39 is 6.10 Å². The second kappa shape index (κ2) is 9.45. The van der Waals surface area contributed by atoms with E-state index in [1.165, 1.54) is 22.3 Å².